The molecule has 3 nitrogen and oxygen atoms in total. The van der Waals surface area contributed by atoms with E-state index in [1.165, 1.54) is 49.5 Å². The molecule has 3 aliphatic rings. The molecule has 3 fully saturated rings. The molecule has 4 rings (SSSR count). The number of halogens is 2. The molecule has 0 aromatic heterocycles. The van der Waals surface area contributed by atoms with Crippen LogP contribution >= 0.6 is 36.6 Å². The fourth-order valence-corrected chi connectivity index (χ4v) is 6.02. The number of hydrogen-bond acceptors (Lipinski definition) is 4. The van der Waals surface area contributed by atoms with E-state index in [0.29, 0.717) is 6.04 Å². The Morgan fingerprint density at radius 3 is 2.32 bits per heavy atom. The molecule has 1 aromatic carbocycles. The highest BCUT2D eigenvalue weighted by molar-refractivity contribution is 7.99. The molecule has 6 heteroatoms. The maximum Gasteiger partial charge on any atom is 0.118 e. The maximum atomic E-state index is 5.32. The first-order valence-electron chi connectivity index (χ1n) is 8.92. The van der Waals surface area contributed by atoms with Crippen molar-refractivity contribution < 1.29 is 4.74 Å². The highest BCUT2D eigenvalue weighted by atomic mass is 35.5. The number of hydrogen-bond donors (Lipinski definition) is 0. The van der Waals surface area contributed by atoms with Gasteiger partial charge in [-0.25, -0.2) is 0 Å². The lowest BCUT2D eigenvalue weighted by molar-refractivity contribution is 0.180. The van der Waals surface area contributed by atoms with Gasteiger partial charge in [0.15, 0.2) is 0 Å². The molecule has 1 aromatic rings. The van der Waals surface area contributed by atoms with Gasteiger partial charge in [-0.1, -0.05) is 12.1 Å². The van der Waals surface area contributed by atoms with E-state index in [0.717, 1.165) is 23.6 Å². The van der Waals surface area contributed by atoms with Crippen LogP contribution in [0.4, 0.5) is 0 Å². The zero-order valence-corrected chi connectivity index (χ0v) is 17.5. The minimum atomic E-state index is 0. The number of thioether (sulfide) groups is 1. The fraction of sp³-hybridized carbons (Fsp3) is 0.684. The molecule has 3 heterocycles. The molecule has 0 amide bonds. The monoisotopic (exact) mass is 404 g/mol. The Bertz CT molecular complexity index is 539. The average Bonchev–Trinajstić information content (AvgIpc) is 3.12. The second kappa shape index (κ2) is 9.18. The van der Waals surface area contributed by atoms with Crippen molar-refractivity contribution in [1.82, 2.24) is 9.80 Å². The minimum absolute atomic E-state index is 0. The van der Waals surface area contributed by atoms with Crippen molar-refractivity contribution in [2.24, 2.45) is 11.8 Å². The van der Waals surface area contributed by atoms with Crippen LogP contribution in [0.1, 0.15) is 24.4 Å². The van der Waals surface area contributed by atoms with Crippen molar-refractivity contribution in [2.45, 2.75) is 24.9 Å². The second-order valence-electron chi connectivity index (χ2n) is 7.38. The highest BCUT2D eigenvalue weighted by Crippen LogP contribution is 2.45. The van der Waals surface area contributed by atoms with Crippen LogP contribution in [-0.4, -0.2) is 61.1 Å². The zero-order valence-electron chi connectivity index (χ0n) is 15.1. The number of fused-ring (bicyclic) bond motifs is 1. The summed E-state index contributed by atoms with van der Waals surface area (Å²) in [6, 6.07) is 10.2. The number of nitrogens with zero attached hydrogens (tertiary/aromatic N) is 2. The predicted octanol–water partition coefficient (Wildman–Crippen LogP) is 3.97. The van der Waals surface area contributed by atoms with E-state index in [2.05, 4.69) is 52.9 Å². The van der Waals surface area contributed by atoms with Crippen molar-refractivity contribution in [2.75, 3.05) is 45.3 Å². The molecule has 3 atom stereocenters. The molecule has 0 N–H and O–H groups in total. The summed E-state index contributed by atoms with van der Waals surface area (Å²) in [6.45, 7) is 3.86. The van der Waals surface area contributed by atoms with Gasteiger partial charge in [-0.15, -0.1) is 24.8 Å². The molecule has 3 saturated heterocycles. The minimum Gasteiger partial charge on any atom is -0.497 e. The largest absolute Gasteiger partial charge is 0.497 e. The summed E-state index contributed by atoms with van der Waals surface area (Å²) in [5, 5.41) is 0. The third-order valence-corrected chi connectivity index (χ3v) is 7.14. The molecule has 0 spiro atoms. The van der Waals surface area contributed by atoms with Crippen LogP contribution in [0.15, 0.2) is 24.3 Å². The van der Waals surface area contributed by atoms with Gasteiger partial charge in [0.05, 0.1) is 7.11 Å². The van der Waals surface area contributed by atoms with E-state index >= 15 is 0 Å². The molecular weight excluding hydrogens is 375 g/mol. The van der Waals surface area contributed by atoms with Gasteiger partial charge in [0, 0.05) is 31.7 Å². The first kappa shape index (κ1) is 21.2. The first-order chi connectivity index (χ1) is 11.3. The van der Waals surface area contributed by atoms with Crippen LogP contribution in [0, 0.1) is 11.8 Å². The Balaban J connectivity index is 0.00000113. The molecule has 0 unspecified atom stereocenters. The Morgan fingerprint density at radius 1 is 1.00 bits per heavy atom. The first-order valence-corrected chi connectivity index (χ1v) is 10.1. The van der Waals surface area contributed by atoms with Crippen molar-refractivity contribution in [1.29, 1.82) is 0 Å². The van der Waals surface area contributed by atoms with E-state index in [1.54, 1.807) is 7.11 Å². The molecule has 3 aliphatic heterocycles. The predicted molar refractivity (Wildman–Crippen MR) is 112 cm³/mol. The van der Waals surface area contributed by atoms with Gasteiger partial charge in [-0.05, 0) is 60.9 Å². The van der Waals surface area contributed by atoms with Crippen LogP contribution in [0.25, 0.3) is 0 Å². The summed E-state index contributed by atoms with van der Waals surface area (Å²) >= 11 is 2.13. The van der Waals surface area contributed by atoms with Gasteiger partial charge >= 0.3 is 0 Å². The van der Waals surface area contributed by atoms with Crippen molar-refractivity contribution in [3.05, 3.63) is 29.8 Å². The Kier molecular flexibility index (Phi) is 7.78. The lowest BCUT2D eigenvalue weighted by Gasteiger charge is -2.33. The van der Waals surface area contributed by atoms with E-state index < -0.39 is 0 Å². The van der Waals surface area contributed by atoms with Crippen molar-refractivity contribution in [3.8, 4) is 5.75 Å². The lowest BCUT2D eigenvalue weighted by Crippen LogP contribution is -2.38. The summed E-state index contributed by atoms with van der Waals surface area (Å²) in [4.78, 5) is 5.39. The number of likely N-dealkylation sites (tertiary alicyclic amines) is 2. The quantitative estimate of drug-likeness (QED) is 0.756. The summed E-state index contributed by atoms with van der Waals surface area (Å²) < 4.78 is 5.32. The Labute approximate surface area is 168 Å². The van der Waals surface area contributed by atoms with E-state index in [1.807, 2.05) is 0 Å². The second-order valence-corrected chi connectivity index (χ2v) is 8.60. The number of methoxy groups -OCH3 is 1. The van der Waals surface area contributed by atoms with Gasteiger partial charge in [-0.3, -0.25) is 9.80 Å². The summed E-state index contributed by atoms with van der Waals surface area (Å²) in [7, 11) is 4.04. The number of rotatable bonds is 3. The fourth-order valence-electron chi connectivity index (χ4n) is 4.94. The standard InChI is InChI=1S/C19H28N2OS.2ClH/c1-20-11-15-12-21(16-7-9-23-10-8-16)13-18(15)19(20)14-3-5-17(22-2)6-4-14;;/h3-6,15-16,18-19H,7-13H2,1-2H3;2*1H/t15-,18+,19+;;/m0../s1. The number of ether oxygens (including phenoxy) is 1. The van der Waals surface area contributed by atoms with Gasteiger partial charge in [-0.2, -0.15) is 11.8 Å². The SMILES string of the molecule is COc1ccc([C@@H]2[C@@H]3CN(C4CCSCC4)C[C@@H]3CN2C)cc1.Cl.Cl. The van der Waals surface area contributed by atoms with Crippen LogP contribution in [0.2, 0.25) is 0 Å². The molecular formula is C19H30Cl2N2OS. The molecule has 0 radical (unpaired) electrons. The lowest BCUT2D eigenvalue weighted by atomic mass is 9.89. The molecule has 0 bridgehead atoms. The van der Waals surface area contributed by atoms with Crippen LogP contribution in [0.3, 0.4) is 0 Å². The van der Waals surface area contributed by atoms with E-state index in [4.69, 9.17) is 4.74 Å². The van der Waals surface area contributed by atoms with Gasteiger partial charge in [0.25, 0.3) is 0 Å². The Morgan fingerprint density at radius 2 is 1.68 bits per heavy atom. The highest BCUT2D eigenvalue weighted by Gasteiger charge is 2.47. The average molecular weight is 405 g/mol. The molecule has 25 heavy (non-hydrogen) atoms. The smallest absolute Gasteiger partial charge is 0.118 e. The maximum absolute atomic E-state index is 5.32. The summed E-state index contributed by atoms with van der Waals surface area (Å²) in [6.07, 6.45) is 2.79. The molecule has 0 saturated carbocycles. The third kappa shape index (κ3) is 4.24. The van der Waals surface area contributed by atoms with E-state index in [-0.39, 0.29) is 24.8 Å². The molecule has 0 aliphatic carbocycles. The topological polar surface area (TPSA) is 15.7 Å². The summed E-state index contributed by atoms with van der Waals surface area (Å²) in [5.74, 6) is 5.32. The normalized spacial score (nSPS) is 30.4. The molecule has 142 valence electrons. The zero-order chi connectivity index (χ0) is 15.8. The van der Waals surface area contributed by atoms with Crippen LogP contribution in [0.5, 0.6) is 5.75 Å². The van der Waals surface area contributed by atoms with E-state index in [9.17, 15) is 0 Å². The van der Waals surface area contributed by atoms with Crippen LogP contribution < -0.4 is 4.74 Å². The number of benzene rings is 1. The van der Waals surface area contributed by atoms with Gasteiger partial charge in [0.1, 0.15) is 5.75 Å². The third-order valence-electron chi connectivity index (χ3n) is 6.09. The summed E-state index contributed by atoms with van der Waals surface area (Å²) in [5.41, 5.74) is 1.46. The van der Waals surface area contributed by atoms with Crippen molar-refractivity contribution in [3.63, 3.8) is 0 Å². The van der Waals surface area contributed by atoms with Gasteiger partial charge < -0.3 is 4.74 Å². The van der Waals surface area contributed by atoms with Crippen LogP contribution in [-0.2, 0) is 0 Å². The van der Waals surface area contributed by atoms with Gasteiger partial charge in [0.2, 0.25) is 0 Å². The Hall–Kier alpha value is -0.130. The van der Waals surface area contributed by atoms with Crippen molar-refractivity contribution >= 4 is 36.6 Å².